The summed E-state index contributed by atoms with van der Waals surface area (Å²) in [5.74, 6) is 1.92. The molecule has 2 aliphatic rings. The number of morpholine rings is 1. The Balaban J connectivity index is 1.57. The molecule has 0 spiro atoms. The zero-order chi connectivity index (χ0) is 22.1. The minimum Gasteiger partial charge on any atom is -0.379 e. The number of anilines is 1. The van der Waals surface area contributed by atoms with Crippen LogP contribution in [0.25, 0.3) is 0 Å². The zero-order valence-corrected chi connectivity index (χ0v) is 19.9. The summed E-state index contributed by atoms with van der Waals surface area (Å²) in [5, 5.41) is 6.92. The van der Waals surface area contributed by atoms with Gasteiger partial charge in [0.15, 0.2) is 5.96 Å². The molecule has 0 saturated carbocycles. The van der Waals surface area contributed by atoms with Crippen LogP contribution in [0, 0.1) is 0 Å². The van der Waals surface area contributed by atoms with Gasteiger partial charge in [-0.05, 0) is 45.0 Å². The van der Waals surface area contributed by atoms with E-state index in [2.05, 4.69) is 70.1 Å². The van der Waals surface area contributed by atoms with Gasteiger partial charge in [-0.25, -0.2) is 9.98 Å². The van der Waals surface area contributed by atoms with E-state index in [1.807, 2.05) is 6.20 Å². The Hall–Kier alpha value is -1.90. The number of ether oxygens (including phenoxy) is 1. The molecule has 2 N–H and O–H groups in total. The maximum absolute atomic E-state index is 5.50. The average Bonchev–Trinajstić information content (AvgIpc) is 2.82. The Morgan fingerprint density at radius 2 is 1.84 bits per heavy atom. The van der Waals surface area contributed by atoms with E-state index >= 15 is 0 Å². The van der Waals surface area contributed by atoms with Gasteiger partial charge in [0, 0.05) is 64.1 Å². The molecule has 31 heavy (non-hydrogen) atoms. The van der Waals surface area contributed by atoms with E-state index in [1.54, 1.807) is 0 Å². The van der Waals surface area contributed by atoms with E-state index in [1.165, 1.54) is 5.56 Å². The first kappa shape index (κ1) is 23.8. The second kappa shape index (κ2) is 11.6. The van der Waals surface area contributed by atoms with Crippen LogP contribution >= 0.6 is 0 Å². The lowest BCUT2D eigenvalue weighted by molar-refractivity contribution is -0.00834. The fourth-order valence-corrected chi connectivity index (χ4v) is 4.12. The number of nitrogens with zero attached hydrogens (tertiary/aromatic N) is 5. The number of hydrogen-bond donors (Lipinski definition) is 2. The molecule has 0 aliphatic carbocycles. The summed E-state index contributed by atoms with van der Waals surface area (Å²) in [7, 11) is 0. The highest BCUT2D eigenvalue weighted by Crippen LogP contribution is 2.17. The Morgan fingerprint density at radius 1 is 1.10 bits per heavy atom. The van der Waals surface area contributed by atoms with E-state index in [0.717, 1.165) is 83.9 Å². The molecular formula is C23H41N7O. The normalized spacial score (nSPS) is 19.5. The van der Waals surface area contributed by atoms with Gasteiger partial charge >= 0.3 is 0 Å². The highest BCUT2D eigenvalue weighted by Gasteiger charge is 2.28. The van der Waals surface area contributed by atoms with Crippen molar-refractivity contribution >= 4 is 11.8 Å². The predicted octanol–water partition coefficient (Wildman–Crippen LogP) is 1.39. The molecule has 0 unspecified atom stereocenters. The Bertz CT molecular complexity index is 695. The summed E-state index contributed by atoms with van der Waals surface area (Å²) in [5.41, 5.74) is 1.23. The third-order valence-electron chi connectivity index (χ3n) is 6.27. The summed E-state index contributed by atoms with van der Waals surface area (Å²) >= 11 is 0. The first-order valence-electron chi connectivity index (χ1n) is 11.8. The fraction of sp³-hybridized carbons (Fsp3) is 0.739. The van der Waals surface area contributed by atoms with Crippen molar-refractivity contribution in [3.63, 3.8) is 0 Å². The van der Waals surface area contributed by atoms with E-state index in [9.17, 15) is 0 Å². The maximum Gasteiger partial charge on any atom is 0.191 e. The SMILES string of the molecule is CCNC(=NCc1ccnc(N2CCN(CC)CC2)c1)NCC(C)(C)N1CCOCC1. The van der Waals surface area contributed by atoms with E-state index in [0.29, 0.717) is 6.54 Å². The van der Waals surface area contributed by atoms with Crippen LogP contribution < -0.4 is 15.5 Å². The second-order valence-electron chi connectivity index (χ2n) is 8.90. The van der Waals surface area contributed by atoms with E-state index in [-0.39, 0.29) is 5.54 Å². The van der Waals surface area contributed by atoms with Gasteiger partial charge in [0.25, 0.3) is 0 Å². The monoisotopic (exact) mass is 431 g/mol. The first-order valence-corrected chi connectivity index (χ1v) is 11.8. The molecule has 1 aromatic heterocycles. The molecule has 0 bridgehead atoms. The lowest BCUT2D eigenvalue weighted by atomic mass is 10.0. The number of nitrogens with one attached hydrogen (secondary N) is 2. The van der Waals surface area contributed by atoms with Gasteiger partial charge in [0.2, 0.25) is 0 Å². The van der Waals surface area contributed by atoms with Crippen molar-refractivity contribution in [2.45, 2.75) is 39.8 Å². The summed E-state index contributed by atoms with van der Waals surface area (Å²) < 4.78 is 5.50. The van der Waals surface area contributed by atoms with Gasteiger partial charge < -0.3 is 25.2 Å². The third-order valence-corrected chi connectivity index (χ3v) is 6.27. The van der Waals surface area contributed by atoms with Crippen LogP contribution in [0.4, 0.5) is 5.82 Å². The van der Waals surface area contributed by atoms with Crippen molar-refractivity contribution < 1.29 is 4.74 Å². The summed E-state index contributed by atoms with van der Waals surface area (Å²) in [4.78, 5) is 16.8. The lowest BCUT2D eigenvalue weighted by Gasteiger charge is -2.41. The predicted molar refractivity (Wildman–Crippen MR) is 128 cm³/mol. The molecule has 8 heteroatoms. The number of pyridine rings is 1. The third kappa shape index (κ3) is 7.05. The number of rotatable bonds is 8. The molecule has 0 amide bonds. The molecule has 2 fully saturated rings. The Kier molecular flexibility index (Phi) is 8.92. The molecule has 174 valence electrons. The van der Waals surface area contributed by atoms with Crippen molar-refractivity contribution in [2.24, 2.45) is 4.99 Å². The molecule has 0 radical (unpaired) electrons. The van der Waals surface area contributed by atoms with Crippen molar-refractivity contribution in [1.29, 1.82) is 0 Å². The Morgan fingerprint density at radius 3 is 2.52 bits per heavy atom. The highest BCUT2D eigenvalue weighted by molar-refractivity contribution is 5.79. The van der Waals surface area contributed by atoms with Gasteiger partial charge in [-0.3, -0.25) is 4.90 Å². The molecule has 0 aromatic carbocycles. The molecule has 0 atom stereocenters. The zero-order valence-electron chi connectivity index (χ0n) is 19.9. The molecule has 3 rings (SSSR count). The summed E-state index contributed by atoms with van der Waals surface area (Å²) in [6, 6.07) is 4.25. The smallest absolute Gasteiger partial charge is 0.191 e. The minimum absolute atomic E-state index is 0.0461. The lowest BCUT2D eigenvalue weighted by Crippen LogP contribution is -2.56. The summed E-state index contributed by atoms with van der Waals surface area (Å²) in [6.45, 7) is 20.2. The molecular weight excluding hydrogens is 390 g/mol. The number of piperazine rings is 1. The fourth-order valence-electron chi connectivity index (χ4n) is 4.12. The number of hydrogen-bond acceptors (Lipinski definition) is 6. The van der Waals surface area contributed by atoms with Crippen LogP contribution in [-0.4, -0.2) is 98.4 Å². The molecule has 3 heterocycles. The summed E-state index contributed by atoms with van der Waals surface area (Å²) in [6.07, 6.45) is 1.91. The topological polar surface area (TPSA) is 68.3 Å². The average molecular weight is 432 g/mol. The second-order valence-corrected chi connectivity index (χ2v) is 8.90. The van der Waals surface area contributed by atoms with Crippen LogP contribution in [0.15, 0.2) is 23.3 Å². The van der Waals surface area contributed by atoms with Gasteiger partial charge in [-0.15, -0.1) is 0 Å². The van der Waals surface area contributed by atoms with Crippen LogP contribution in [-0.2, 0) is 11.3 Å². The van der Waals surface area contributed by atoms with Gasteiger partial charge in [-0.2, -0.15) is 0 Å². The van der Waals surface area contributed by atoms with Crippen LogP contribution in [0.2, 0.25) is 0 Å². The van der Waals surface area contributed by atoms with Crippen LogP contribution in [0.3, 0.4) is 0 Å². The number of aliphatic imine (C=N–C) groups is 1. The van der Waals surface area contributed by atoms with E-state index < -0.39 is 0 Å². The van der Waals surface area contributed by atoms with Gasteiger partial charge in [-0.1, -0.05) is 6.92 Å². The maximum atomic E-state index is 5.50. The first-order chi connectivity index (χ1) is 15.0. The number of likely N-dealkylation sites (N-methyl/N-ethyl adjacent to an activating group) is 1. The van der Waals surface area contributed by atoms with Crippen LogP contribution in [0.1, 0.15) is 33.3 Å². The van der Waals surface area contributed by atoms with Crippen molar-refractivity contribution in [2.75, 3.05) is 77.0 Å². The van der Waals surface area contributed by atoms with E-state index in [4.69, 9.17) is 9.73 Å². The van der Waals surface area contributed by atoms with Crippen LogP contribution in [0.5, 0.6) is 0 Å². The highest BCUT2D eigenvalue weighted by atomic mass is 16.5. The van der Waals surface area contributed by atoms with Crippen molar-refractivity contribution in [3.05, 3.63) is 23.9 Å². The minimum atomic E-state index is 0.0461. The number of guanidine groups is 1. The van der Waals surface area contributed by atoms with Gasteiger partial charge in [0.1, 0.15) is 5.82 Å². The molecule has 1 aromatic rings. The molecule has 2 saturated heterocycles. The van der Waals surface area contributed by atoms with Crippen molar-refractivity contribution in [1.82, 2.24) is 25.4 Å². The molecule has 2 aliphatic heterocycles. The Labute approximate surface area is 188 Å². The molecule has 8 nitrogen and oxygen atoms in total. The number of aromatic nitrogens is 1. The quantitative estimate of drug-likeness (QED) is 0.476. The van der Waals surface area contributed by atoms with Crippen molar-refractivity contribution in [3.8, 4) is 0 Å². The largest absolute Gasteiger partial charge is 0.379 e. The van der Waals surface area contributed by atoms with Gasteiger partial charge in [0.05, 0.1) is 19.8 Å². The standard InChI is InChI=1S/C23H41N7O/c1-5-24-22(27-19-23(3,4)30-13-15-31-16-14-30)26-18-20-7-8-25-21(17-20)29-11-9-28(6-2)10-12-29/h7-8,17H,5-6,9-16,18-19H2,1-4H3,(H2,24,26,27).